The van der Waals surface area contributed by atoms with Gasteiger partial charge in [0, 0.05) is 11.8 Å². The number of aromatic amines is 1. The van der Waals surface area contributed by atoms with E-state index in [9.17, 15) is 4.79 Å². The number of hydrogen-bond acceptors (Lipinski definition) is 6. The molecule has 7 nitrogen and oxygen atoms in total. The summed E-state index contributed by atoms with van der Waals surface area (Å²) in [5, 5.41) is 0. The van der Waals surface area contributed by atoms with Crippen molar-refractivity contribution in [3.8, 4) is 22.6 Å². The largest absolute Gasteiger partial charge is 0.493 e. The molecule has 0 saturated carbocycles. The van der Waals surface area contributed by atoms with Crippen LogP contribution in [0.3, 0.4) is 0 Å². The molecule has 112 valence electrons. The predicted octanol–water partition coefficient (Wildman–Crippen LogP) is 1.58. The first-order chi connectivity index (χ1) is 10.6. The van der Waals surface area contributed by atoms with E-state index < -0.39 is 0 Å². The molecule has 0 saturated heterocycles. The summed E-state index contributed by atoms with van der Waals surface area (Å²) in [6.07, 6.45) is 1.61. The van der Waals surface area contributed by atoms with Crippen LogP contribution in [0.2, 0.25) is 0 Å². The summed E-state index contributed by atoms with van der Waals surface area (Å²) in [7, 11) is 3.15. The van der Waals surface area contributed by atoms with Crippen molar-refractivity contribution in [3.63, 3.8) is 0 Å². The van der Waals surface area contributed by atoms with Gasteiger partial charge in [0.05, 0.1) is 19.7 Å². The SMILES string of the molecule is COc1ccc(-c2cnc3c(=O)[nH]c(N)nc3c2)cc1OC. The van der Waals surface area contributed by atoms with E-state index in [2.05, 4.69) is 15.0 Å². The Morgan fingerprint density at radius 2 is 1.86 bits per heavy atom. The number of aromatic nitrogens is 3. The molecule has 0 bridgehead atoms. The Hall–Kier alpha value is -3.09. The Balaban J connectivity index is 2.16. The summed E-state index contributed by atoms with van der Waals surface area (Å²) >= 11 is 0. The Bertz CT molecular complexity index is 905. The summed E-state index contributed by atoms with van der Waals surface area (Å²) in [4.78, 5) is 22.4. The Morgan fingerprint density at radius 3 is 2.59 bits per heavy atom. The molecule has 0 atom stereocenters. The summed E-state index contributed by atoms with van der Waals surface area (Å²) in [5.74, 6) is 1.31. The third-order valence-electron chi connectivity index (χ3n) is 3.28. The van der Waals surface area contributed by atoms with Crippen LogP contribution in [0.15, 0.2) is 35.3 Å². The third-order valence-corrected chi connectivity index (χ3v) is 3.28. The van der Waals surface area contributed by atoms with Crippen LogP contribution >= 0.6 is 0 Å². The summed E-state index contributed by atoms with van der Waals surface area (Å²) in [5.41, 5.74) is 7.56. The molecule has 0 radical (unpaired) electrons. The van der Waals surface area contributed by atoms with E-state index in [4.69, 9.17) is 15.2 Å². The fourth-order valence-electron chi connectivity index (χ4n) is 2.22. The number of anilines is 1. The normalized spacial score (nSPS) is 10.6. The minimum Gasteiger partial charge on any atom is -0.493 e. The average Bonchev–Trinajstić information content (AvgIpc) is 2.53. The van der Waals surface area contributed by atoms with Crippen LogP contribution in [0.5, 0.6) is 11.5 Å². The third kappa shape index (κ3) is 2.32. The molecule has 0 fully saturated rings. The topological polar surface area (TPSA) is 103 Å². The molecule has 3 N–H and O–H groups in total. The van der Waals surface area contributed by atoms with Crippen molar-refractivity contribution in [1.82, 2.24) is 15.0 Å². The summed E-state index contributed by atoms with van der Waals surface area (Å²) < 4.78 is 10.5. The second kappa shape index (κ2) is 5.36. The summed E-state index contributed by atoms with van der Waals surface area (Å²) in [6.45, 7) is 0. The first kappa shape index (κ1) is 13.9. The van der Waals surface area contributed by atoms with Gasteiger partial charge in [-0.3, -0.25) is 9.78 Å². The van der Waals surface area contributed by atoms with Crippen molar-refractivity contribution < 1.29 is 9.47 Å². The van der Waals surface area contributed by atoms with Gasteiger partial charge in [0.2, 0.25) is 5.95 Å². The van der Waals surface area contributed by atoms with E-state index in [1.54, 1.807) is 32.5 Å². The zero-order valence-corrected chi connectivity index (χ0v) is 12.1. The van der Waals surface area contributed by atoms with E-state index in [-0.39, 0.29) is 17.0 Å². The van der Waals surface area contributed by atoms with E-state index in [1.807, 2.05) is 12.1 Å². The number of benzene rings is 1. The quantitative estimate of drug-likeness (QED) is 0.761. The van der Waals surface area contributed by atoms with Crippen LogP contribution < -0.4 is 20.8 Å². The van der Waals surface area contributed by atoms with Crippen molar-refractivity contribution in [2.24, 2.45) is 0 Å². The molecule has 0 aliphatic carbocycles. The van der Waals surface area contributed by atoms with E-state index in [0.717, 1.165) is 11.1 Å². The molecule has 2 heterocycles. The Morgan fingerprint density at radius 1 is 1.09 bits per heavy atom. The lowest BCUT2D eigenvalue weighted by molar-refractivity contribution is 0.355. The molecule has 0 spiro atoms. The van der Waals surface area contributed by atoms with Gasteiger partial charge in [0.25, 0.3) is 5.56 Å². The first-order valence-corrected chi connectivity index (χ1v) is 6.50. The van der Waals surface area contributed by atoms with Gasteiger partial charge in [-0.05, 0) is 23.8 Å². The molecule has 0 amide bonds. The lowest BCUT2D eigenvalue weighted by Gasteiger charge is -2.09. The van der Waals surface area contributed by atoms with Crippen molar-refractivity contribution >= 4 is 17.0 Å². The Kier molecular flexibility index (Phi) is 3.38. The van der Waals surface area contributed by atoms with Crippen LogP contribution in [0, 0.1) is 0 Å². The van der Waals surface area contributed by atoms with Gasteiger partial charge < -0.3 is 15.2 Å². The van der Waals surface area contributed by atoms with Crippen molar-refractivity contribution in [3.05, 3.63) is 40.8 Å². The molecule has 0 unspecified atom stereocenters. The fourth-order valence-corrected chi connectivity index (χ4v) is 2.22. The van der Waals surface area contributed by atoms with Gasteiger partial charge in [-0.2, -0.15) is 0 Å². The number of fused-ring (bicyclic) bond motifs is 1. The number of nitrogens with two attached hydrogens (primary N) is 1. The molecule has 3 rings (SSSR count). The smallest absolute Gasteiger partial charge is 0.278 e. The van der Waals surface area contributed by atoms with E-state index in [0.29, 0.717) is 17.0 Å². The number of nitrogens with zero attached hydrogens (tertiary/aromatic N) is 2. The molecule has 0 aliphatic heterocycles. The number of ether oxygens (including phenoxy) is 2. The van der Waals surface area contributed by atoms with Crippen molar-refractivity contribution in [1.29, 1.82) is 0 Å². The van der Waals surface area contributed by atoms with Crippen LogP contribution in [0.4, 0.5) is 5.95 Å². The highest BCUT2D eigenvalue weighted by Crippen LogP contribution is 2.32. The van der Waals surface area contributed by atoms with Crippen molar-refractivity contribution in [2.75, 3.05) is 20.0 Å². The van der Waals surface area contributed by atoms with Crippen molar-refractivity contribution in [2.45, 2.75) is 0 Å². The van der Waals surface area contributed by atoms with Gasteiger partial charge in [-0.1, -0.05) is 6.07 Å². The number of nitrogen functional groups attached to an aromatic ring is 1. The van der Waals surface area contributed by atoms with Gasteiger partial charge in [0.15, 0.2) is 17.0 Å². The minimum absolute atomic E-state index is 0.0590. The minimum atomic E-state index is -0.360. The highest BCUT2D eigenvalue weighted by molar-refractivity contribution is 5.80. The number of methoxy groups -OCH3 is 2. The molecular weight excluding hydrogens is 284 g/mol. The maximum atomic E-state index is 11.8. The van der Waals surface area contributed by atoms with Crippen LogP contribution in [-0.4, -0.2) is 29.2 Å². The number of hydrogen-bond donors (Lipinski definition) is 2. The van der Waals surface area contributed by atoms with E-state index in [1.165, 1.54) is 0 Å². The maximum absolute atomic E-state index is 11.8. The fraction of sp³-hybridized carbons (Fsp3) is 0.133. The standard InChI is InChI=1S/C15H14N4O3/c1-21-11-4-3-8(6-12(11)22-2)9-5-10-13(17-7-9)14(20)19-15(16)18-10/h3-7H,1-2H3,(H3,16,18,19,20). The molecule has 2 aromatic heterocycles. The molecule has 7 heteroatoms. The van der Waals surface area contributed by atoms with Gasteiger partial charge in [-0.25, -0.2) is 9.97 Å². The maximum Gasteiger partial charge on any atom is 0.278 e. The molecule has 1 aromatic carbocycles. The molecular formula is C15H14N4O3. The monoisotopic (exact) mass is 298 g/mol. The number of nitrogens with one attached hydrogen (secondary N) is 1. The predicted molar refractivity (Wildman–Crippen MR) is 83.1 cm³/mol. The van der Waals surface area contributed by atoms with E-state index >= 15 is 0 Å². The lowest BCUT2D eigenvalue weighted by atomic mass is 10.1. The van der Waals surface area contributed by atoms with Gasteiger partial charge >= 0.3 is 0 Å². The number of H-pyrrole nitrogens is 1. The Labute approximate surface area is 125 Å². The van der Waals surface area contributed by atoms with Gasteiger partial charge in [-0.15, -0.1) is 0 Å². The van der Waals surface area contributed by atoms with Crippen LogP contribution in [-0.2, 0) is 0 Å². The zero-order valence-electron chi connectivity index (χ0n) is 12.1. The molecule has 3 aromatic rings. The second-order valence-corrected chi connectivity index (χ2v) is 4.61. The molecule has 0 aliphatic rings. The second-order valence-electron chi connectivity index (χ2n) is 4.61. The highest BCUT2D eigenvalue weighted by atomic mass is 16.5. The average molecular weight is 298 g/mol. The summed E-state index contributed by atoms with van der Waals surface area (Å²) in [6, 6.07) is 7.27. The first-order valence-electron chi connectivity index (χ1n) is 6.50. The van der Waals surface area contributed by atoms with Crippen LogP contribution in [0.25, 0.3) is 22.2 Å². The van der Waals surface area contributed by atoms with Gasteiger partial charge in [0.1, 0.15) is 0 Å². The highest BCUT2D eigenvalue weighted by Gasteiger charge is 2.09. The number of pyridine rings is 1. The van der Waals surface area contributed by atoms with Crippen LogP contribution in [0.1, 0.15) is 0 Å². The zero-order chi connectivity index (χ0) is 15.7. The number of rotatable bonds is 3. The molecule has 22 heavy (non-hydrogen) atoms. The lowest BCUT2D eigenvalue weighted by Crippen LogP contribution is -2.12.